The molecule has 0 aliphatic carbocycles. The molecule has 0 unspecified atom stereocenters. The fourth-order valence-electron chi connectivity index (χ4n) is 1.10. The SMILES string of the molecule is CS(=O)(=O)C(=N)c1cccnc1NCC(N)=O. The Kier molecular flexibility index (Phi) is 3.79. The molecule has 17 heavy (non-hydrogen) atoms. The second kappa shape index (κ2) is 4.91. The van der Waals surface area contributed by atoms with Crippen LogP contribution in [0.5, 0.6) is 0 Å². The van der Waals surface area contributed by atoms with Crippen molar-refractivity contribution in [3.8, 4) is 0 Å². The van der Waals surface area contributed by atoms with Crippen molar-refractivity contribution >= 4 is 26.6 Å². The van der Waals surface area contributed by atoms with Gasteiger partial charge in [-0.25, -0.2) is 13.4 Å². The monoisotopic (exact) mass is 256 g/mol. The molecule has 0 fully saturated rings. The van der Waals surface area contributed by atoms with Crippen molar-refractivity contribution in [2.75, 3.05) is 18.1 Å². The molecule has 0 atom stereocenters. The van der Waals surface area contributed by atoms with E-state index < -0.39 is 20.8 Å². The molecule has 0 aliphatic heterocycles. The summed E-state index contributed by atoms with van der Waals surface area (Å²) in [5.41, 5.74) is 5.06. The van der Waals surface area contributed by atoms with E-state index in [2.05, 4.69) is 10.3 Å². The minimum absolute atomic E-state index is 0.108. The second-order valence-electron chi connectivity index (χ2n) is 3.32. The minimum atomic E-state index is -3.63. The van der Waals surface area contributed by atoms with Gasteiger partial charge in [0.15, 0.2) is 14.9 Å². The number of amides is 1. The van der Waals surface area contributed by atoms with E-state index in [1.54, 1.807) is 0 Å². The Morgan fingerprint density at radius 2 is 2.24 bits per heavy atom. The predicted molar refractivity (Wildman–Crippen MR) is 63.6 cm³/mol. The van der Waals surface area contributed by atoms with Crippen molar-refractivity contribution in [2.45, 2.75) is 0 Å². The Labute approximate surface area is 98.5 Å². The van der Waals surface area contributed by atoms with Gasteiger partial charge in [-0.15, -0.1) is 0 Å². The third-order valence-electron chi connectivity index (χ3n) is 1.85. The largest absolute Gasteiger partial charge is 0.368 e. The molecule has 0 radical (unpaired) electrons. The van der Waals surface area contributed by atoms with Gasteiger partial charge in [0.1, 0.15) is 5.82 Å². The van der Waals surface area contributed by atoms with Crippen LogP contribution in [-0.2, 0) is 14.6 Å². The van der Waals surface area contributed by atoms with E-state index in [-0.39, 0.29) is 17.9 Å². The number of hydrogen-bond donors (Lipinski definition) is 3. The Balaban J connectivity index is 3.08. The summed E-state index contributed by atoms with van der Waals surface area (Å²) in [7, 11) is -3.63. The molecular formula is C9H12N4O3S. The summed E-state index contributed by atoms with van der Waals surface area (Å²) in [6.45, 7) is -0.180. The smallest absolute Gasteiger partial charge is 0.236 e. The number of primary amides is 1. The van der Waals surface area contributed by atoms with Crippen LogP contribution < -0.4 is 11.1 Å². The van der Waals surface area contributed by atoms with E-state index in [9.17, 15) is 13.2 Å². The Hall–Kier alpha value is -1.96. The van der Waals surface area contributed by atoms with Crippen LogP contribution in [0.1, 0.15) is 5.56 Å². The maximum atomic E-state index is 11.3. The number of nitrogens with zero attached hydrogens (tertiary/aromatic N) is 1. The van der Waals surface area contributed by atoms with Gasteiger partial charge in [0, 0.05) is 12.5 Å². The van der Waals surface area contributed by atoms with Gasteiger partial charge in [-0.3, -0.25) is 10.2 Å². The third-order valence-corrected chi connectivity index (χ3v) is 2.81. The number of hydrogen-bond acceptors (Lipinski definition) is 6. The molecule has 1 rings (SSSR count). The number of carbonyl (C=O) groups excluding carboxylic acids is 1. The van der Waals surface area contributed by atoms with Gasteiger partial charge in [0.25, 0.3) is 0 Å². The lowest BCUT2D eigenvalue weighted by molar-refractivity contribution is -0.116. The van der Waals surface area contributed by atoms with Crippen LogP contribution in [0, 0.1) is 5.41 Å². The molecule has 0 saturated heterocycles. The molecule has 0 saturated carbocycles. The lowest BCUT2D eigenvalue weighted by Crippen LogP contribution is -2.24. The van der Waals surface area contributed by atoms with Crippen LogP contribution in [0.25, 0.3) is 0 Å². The first kappa shape index (κ1) is 13.1. The number of aromatic nitrogens is 1. The van der Waals surface area contributed by atoms with Crippen molar-refractivity contribution < 1.29 is 13.2 Å². The van der Waals surface area contributed by atoms with Crippen molar-refractivity contribution in [3.63, 3.8) is 0 Å². The summed E-state index contributed by atoms with van der Waals surface area (Å²) in [5, 5.41) is 9.54. The van der Waals surface area contributed by atoms with Gasteiger partial charge in [-0.05, 0) is 12.1 Å². The molecule has 4 N–H and O–H groups in total. The molecule has 92 valence electrons. The number of nitrogens with two attached hydrogens (primary N) is 1. The van der Waals surface area contributed by atoms with E-state index in [0.717, 1.165) is 6.26 Å². The maximum absolute atomic E-state index is 11.3. The lowest BCUT2D eigenvalue weighted by Gasteiger charge is -2.09. The second-order valence-corrected chi connectivity index (χ2v) is 5.27. The Morgan fingerprint density at radius 1 is 1.59 bits per heavy atom. The number of rotatable bonds is 4. The third kappa shape index (κ3) is 3.52. The standard InChI is InChI=1S/C9H12N4O3S/c1-17(15,16)8(11)6-3-2-4-12-9(6)13-5-7(10)14/h2-4,11H,5H2,1H3,(H2,10,14)(H,12,13). The van der Waals surface area contributed by atoms with Gasteiger partial charge in [0.05, 0.1) is 12.1 Å². The van der Waals surface area contributed by atoms with Crippen molar-refractivity contribution in [1.82, 2.24) is 4.98 Å². The van der Waals surface area contributed by atoms with Crippen molar-refractivity contribution in [1.29, 1.82) is 5.41 Å². The summed E-state index contributed by atoms with van der Waals surface area (Å²) in [6, 6.07) is 2.93. The summed E-state index contributed by atoms with van der Waals surface area (Å²) in [4.78, 5) is 14.5. The molecule has 1 amide bonds. The van der Waals surface area contributed by atoms with E-state index in [0.29, 0.717) is 0 Å². The summed E-state index contributed by atoms with van der Waals surface area (Å²) in [6.07, 6.45) is 2.35. The van der Waals surface area contributed by atoms with Crippen LogP contribution in [0.15, 0.2) is 18.3 Å². The predicted octanol–water partition coefficient (Wildman–Crippen LogP) is -0.651. The molecule has 8 heteroatoms. The topological polar surface area (TPSA) is 126 Å². The highest BCUT2D eigenvalue weighted by Crippen LogP contribution is 2.14. The molecule has 0 spiro atoms. The van der Waals surface area contributed by atoms with E-state index >= 15 is 0 Å². The Bertz CT molecular complexity index is 553. The van der Waals surface area contributed by atoms with E-state index in [1.807, 2.05) is 0 Å². The number of nitrogens with one attached hydrogen (secondary N) is 2. The van der Waals surface area contributed by atoms with Gasteiger partial charge in [-0.1, -0.05) is 0 Å². The van der Waals surface area contributed by atoms with Crippen molar-refractivity contribution in [3.05, 3.63) is 23.9 Å². The Morgan fingerprint density at radius 3 is 2.76 bits per heavy atom. The highest BCUT2D eigenvalue weighted by molar-refractivity contribution is 8.06. The first-order valence-electron chi connectivity index (χ1n) is 4.58. The van der Waals surface area contributed by atoms with Crippen LogP contribution in [0.3, 0.4) is 0 Å². The van der Waals surface area contributed by atoms with Crippen LogP contribution in [0.2, 0.25) is 0 Å². The van der Waals surface area contributed by atoms with Gasteiger partial charge in [-0.2, -0.15) is 0 Å². The zero-order valence-electron chi connectivity index (χ0n) is 9.10. The number of pyridine rings is 1. The zero-order valence-corrected chi connectivity index (χ0v) is 9.91. The van der Waals surface area contributed by atoms with Crippen molar-refractivity contribution in [2.24, 2.45) is 5.73 Å². The van der Waals surface area contributed by atoms with E-state index in [1.165, 1.54) is 18.3 Å². The zero-order chi connectivity index (χ0) is 13.1. The van der Waals surface area contributed by atoms with Gasteiger partial charge < -0.3 is 11.1 Å². The lowest BCUT2D eigenvalue weighted by atomic mass is 10.2. The molecule has 1 aromatic heterocycles. The number of anilines is 1. The van der Waals surface area contributed by atoms with E-state index in [4.69, 9.17) is 11.1 Å². The average Bonchev–Trinajstić information content (AvgIpc) is 2.24. The van der Waals surface area contributed by atoms with Crippen LogP contribution >= 0.6 is 0 Å². The molecule has 0 aromatic carbocycles. The summed E-state index contributed by atoms with van der Waals surface area (Å²) < 4.78 is 22.5. The van der Waals surface area contributed by atoms with Gasteiger partial charge in [0.2, 0.25) is 5.91 Å². The summed E-state index contributed by atoms with van der Waals surface area (Å²) >= 11 is 0. The minimum Gasteiger partial charge on any atom is -0.368 e. The van der Waals surface area contributed by atoms with Crippen LogP contribution in [-0.4, -0.2) is 37.2 Å². The molecule has 1 heterocycles. The first-order valence-corrected chi connectivity index (χ1v) is 6.47. The fourth-order valence-corrected chi connectivity index (χ4v) is 1.66. The maximum Gasteiger partial charge on any atom is 0.236 e. The quantitative estimate of drug-likeness (QED) is 0.487. The number of sulfone groups is 1. The van der Waals surface area contributed by atoms with Crippen LogP contribution in [0.4, 0.5) is 5.82 Å². The van der Waals surface area contributed by atoms with Gasteiger partial charge >= 0.3 is 0 Å². The normalized spacial score (nSPS) is 10.9. The molecule has 0 aliphatic rings. The molecule has 1 aromatic rings. The average molecular weight is 256 g/mol. The highest BCUT2D eigenvalue weighted by atomic mass is 32.2. The summed E-state index contributed by atoms with van der Waals surface area (Å²) in [5.74, 6) is -0.464. The number of carbonyl (C=O) groups is 1. The molecule has 7 nitrogen and oxygen atoms in total. The highest BCUT2D eigenvalue weighted by Gasteiger charge is 2.17. The fraction of sp³-hybridized carbons (Fsp3) is 0.222. The molecule has 0 bridgehead atoms. The molecular weight excluding hydrogens is 244 g/mol. The first-order chi connectivity index (χ1) is 7.82.